The van der Waals surface area contributed by atoms with Gasteiger partial charge in [-0.2, -0.15) is 4.39 Å². The average Bonchev–Trinajstić information content (AvgIpc) is 2.93. The zero-order valence-corrected chi connectivity index (χ0v) is 15.9. The average molecular weight is 386 g/mol. The van der Waals surface area contributed by atoms with Gasteiger partial charge in [0.1, 0.15) is 5.02 Å². The lowest BCUT2D eigenvalue weighted by Gasteiger charge is -2.13. The Morgan fingerprint density at radius 1 is 1.31 bits per heavy atom. The summed E-state index contributed by atoms with van der Waals surface area (Å²) in [7, 11) is 1.29. The van der Waals surface area contributed by atoms with Crippen LogP contribution in [0.25, 0.3) is 0 Å². The Balaban J connectivity index is 0.000000209. The topological polar surface area (TPSA) is 51.3 Å². The largest absolute Gasteiger partial charge is 0.494 e. The second kappa shape index (κ2) is 8.64. The molecule has 0 radical (unpaired) electrons. The number of aryl methyl sites for hydroxylation is 1. The van der Waals surface area contributed by atoms with Gasteiger partial charge in [-0.3, -0.25) is 4.79 Å². The second-order valence-corrected chi connectivity index (χ2v) is 6.72. The van der Waals surface area contributed by atoms with E-state index < -0.39 is 11.6 Å². The molecule has 3 rings (SSSR count). The number of hydrogen-bond donors (Lipinski definition) is 1. The summed E-state index contributed by atoms with van der Waals surface area (Å²) >= 11 is 6.02. The molecule has 2 aromatic rings. The highest BCUT2D eigenvalue weighted by atomic mass is 35.5. The molecule has 3 atom stereocenters. The molecule has 0 saturated carbocycles. The SMILES string of the molecule is COc1cccc(F)c1F.Cc1cc(=O)c(Cl)c(C2C[C@H](C)C(C)O2)[nH]1. The van der Waals surface area contributed by atoms with Gasteiger partial charge < -0.3 is 14.5 Å². The van der Waals surface area contributed by atoms with Gasteiger partial charge in [-0.05, 0) is 38.3 Å². The number of H-pyrrole nitrogens is 1. The van der Waals surface area contributed by atoms with E-state index in [1.807, 2.05) is 13.8 Å². The first-order valence-electron chi connectivity index (χ1n) is 8.27. The third kappa shape index (κ3) is 4.62. The van der Waals surface area contributed by atoms with Crippen LogP contribution in [0.2, 0.25) is 5.02 Å². The van der Waals surface area contributed by atoms with E-state index in [1.54, 1.807) is 0 Å². The number of benzene rings is 1. The Morgan fingerprint density at radius 3 is 2.54 bits per heavy atom. The highest BCUT2D eigenvalue weighted by Gasteiger charge is 2.32. The van der Waals surface area contributed by atoms with Crippen molar-refractivity contribution in [1.29, 1.82) is 0 Å². The minimum Gasteiger partial charge on any atom is -0.494 e. The maximum atomic E-state index is 12.5. The van der Waals surface area contributed by atoms with E-state index in [2.05, 4.69) is 16.6 Å². The lowest BCUT2D eigenvalue weighted by molar-refractivity contribution is 0.0449. The van der Waals surface area contributed by atoms with Crippen molar-refractivity contribution in [3.05, 3.63) is 62.5 Å². The molecule has 0 bridgehead atoms. The van der Waals surface area contributed by atoms with Crippen LogP contribution < -0.4 is 10.2 Å². The Labute approximate surface area is 156 Å². The zero-order chi connectivity index (χ0) is 19.4. The van der Waals surface area contributed by atoms with Crippen LogP contribution in [0.4, 0.5) is 8.78 Å². The molecule has 2 unspecified atom stereocenters. The van der Waals surface area contributed by atoms with Crippen molar-refractivity contribution in [3.63, 3.8) is 0 Å². The first-order valence-corrected chi connectivity index (χ1v) is 8.65. The minimum atomic E-state index is -0.940. The minimum absolute atomic E-state index is 0.0694. The molecule has 1 aromatic carbocycles. The van der Waals surface area contributed by atoms with Crippen LogP contribution in [0.1, 0.15) is 37.8 Å². The zero-order valence-electron chi connectivity index (χ0n) is 15.1. The number of nitrogens with one attached hydrogen (secondary N) is 1. The summed E-state index contributed by atoms with van der Waals surface area (Å²) in [5, 5.41) is 0.261. The summed E-state index contributed by atoms with van der Waals surface area (Å²) in [6.45, 7) is 6.04. The fourth-order valence-electron chi connectivity index (χ4n) is 2.72. The van der Waals surface area contributed by atoms with Crippen LogP contribution >= 0.6 is 11.6 Å². The van der Waals surface area contributed by atoms with Crippen LogP contribution in [0.5, 0.6) is 5.75 Å². The van der Waals surface area contributed by atoms with E-state index in [-0.39, 0.29) is 28.4 Å². The number of halogens is 3. The number of ether oxygens (including phenoxy) is 2. The molecule has 0 aliphatic carbocycles. The third-order valence-electron chi connectivity index (χ3n) is 4.36. The van der Waals surface area contributed by atoms with Crippen LogP contribution in [-0.2, 0) is 4.74 Å². The molecule has 1 fully saturated rings. The molecule has 0 spiro atoms. The molecule has 1 aromatic heterocycles. The molecule has 0 amide bonds. The van der Waals surface area contributed by atoms with Crippen molar-refractivity contribution in [2.75, 3.05) is 7.11 Å². The summed E-state index contributed by atoms with van der Waals surface area (Å²) in [5.74, 6) is -1.41. The highest BCUT2D eigenvalue weighted by Crippen LogP contribution is 2.37. The van der Waals surface area contributed by atoms with Gasteiger partial charge >= 0.3 is 0 Å². The van der Waals surface area contributed by atoms with Crippen molar-refractivity contribution < 1.29 is 18.3 Å². The van der Waals surface area contributed by atoms with Crippen molar-refractivity contribution in [2.45, 2.75) is 39.4 Å². The standard InChI is InChI=1S/C12H16ClNO2.C7H6F2O/c1-6-4-10(16-8(6)3)12-11(13)9(15)5-7(2)14-12;1-10-6-4-2-3-5(8)7(6)9/h5-6,8,10H,4H2,1-3H3,(H,14,15);2-4H,1H3/t6-,8?,10?;/m0./s1. The van der Waals surface area contributed by atoms with Gasteiger partial charge in [0, 0.05) is 11.8 Å². The quantitative estimate of drug-likeness (QED) is 0.808. The molecule has 7 heteroatoms. The van der Waals surface area contributed by atoms with Gasteiger partial charge in [-0.15, -0.1) is 0 Å². The van der Waals surface area contributed by atoms with Gasteiger partial charge in [0.05, 0.1) is 25.0 Å². The number of pyridine rings is 1. The number of aromatic nitrogens is 1. The van der Waals surface area contributed by atoms with E-state index in [1.165, 1.54) is 25.3 Å². The Bertz CT molecular complexity index is 815. The number of rotatable bonds is 2. The van der Waals surface area contributed by atoms with Crippen LogP contribution in [-0.4, -0.2) is 18.2 Å². The molecule has 1 aliphatic rings. The number of methoxy groups -OCH3 is 1. The van der Waals surface area contributed by atoms with Crippen LogP contribution in [0.15, 0.2) is 29.1 Å². The molecule has 26 heavy (non-hydrogen) atoms. The van der Waals surface area contributed by atoms with Gasteiger partial charge in [0.2, 0.25) is 11.2 Å². The summed E-state index contributed by atoms with van der Waals surface area (Å²) in [4.78, 5) is 14.7. The van der Waals surface area contributed by atoms with Gasteiger partial charge in [0.25, 0.3) is 0 Å². The van der Waals surface area contributed by atoms with Crippen LogP contribution in [0.3, 0.4) is 0 Å². The van der Waals surface area contributed by atoms with Gasteiger partial charge in [0.15, 0.2) is 11.6 Å². The normalized spacial score (nSPS) is 21.9. The molecule has 1 aliphatic heterocycles. The smallest absolute Gasteiger partial charge is 0.200 e. The van der Waals surface area contributed by atoms with E-state index in [0.29, 0.717) is 5.92 Å². The van der Waals surface area contributed by atoms with Crippen molar-refractivity contribution >= 4 is 11.6 Å². The Kier molecular flexibility index (Phi) is 6.78. The van der Waals surface area contributed by atoms with Crippen molar-refractivity contribution in [2.24, 2.45) is 5.92 Å². The first kappa shape index (κ1) is 20.4. The Morgan fingerprint density at radius 2 is 2.00 bits per heavy atom. The van der Waals surface area contributed by atoms with E-state index in [0.717, 1.165) is 23.9 Å². The van der Waals surface area contributed by atoms with Gasteiger partial charge in [-0.1, -0.05) is 24.6 Å². The van der Waals surface area contributed by atoms with Crippen LogP contribution in [0, 0.1) is 24.5 Å². The molecular formula is C19H22ClF2NO3. The predicted octanol–water partition coefficient (Wildman–Crippen LogP) is 4.80. The molecule has 1 saturated heterocycles. The highest BCUT2D eigenvalue weighted by molar-refractivity contribution is 6.31. The molecular weight excluding hydrogens is 364 g/mol. The fraction of sp³-hybridized carbons (Fsp3) is 0.421. The summed E-state index contributed by atoms with van der Waals surface area (Å²) in [5.41, 5.74) is 1.41. The van der Waals surface area contributed by atoms with Crippen molar-refractivity contribution in [3.8, 4) is 5.75 Å². The molecule has 2 heterocycles. The first-order chi connectivity index (χ1) is 12.2. The number of aromatic amines is 1. The summed E-state index contributed by atoms with van der Waals surface area (Å²) in [6.07, 6.45) is 1.04. The monoisotopic (exact) mass is 385 g/mol. The number of hydrogen-bond acceptors (Lipinski definition) is 3. The second-order valence-electron chi connectivity index (χ2n) is 6.34. The maximum Gasteiger partial charge on any atom is 0.200 e. The molecule has 4 nitrogen and oxygen atoms in total. The fourth-order valence-corrected chi connectivity index (χ4v) is 2.95. The van der Waals surface area contributed by atoms with E-state index in [4.69, 9.17) is 16.3 Å². The van der Waals surface area contributed by atoms with E-state index in [9.17, 15) is 13.6 Å². The van der Waals surface area contributed by atoms with Gasteiger partial charge in [-0.25, -0.2) is 4.39 Å². The predicted molar refractivity (Wildman–Crippen MR) is 96.8 cm³/mol. The lowest BCUT2D eigenvalue weighted by atomic mass is 10.0. The van der Waals surface area contributed by atoms with E-state index >= 15 is 0 Å². The Hall–Kier alpha value is -1.92. The molecule has 142 valence electrons. The summed E-state index contributed by atoms with van der Waals surface area (Å²) < 4.78 is 35.1. The maximum absolute atomic E-state index is 12.5. The summed E-state index contributed by atoms with van der Waals surface area (Å²) in [6, 6.07) is 5.29. The van der Waals surface area contributed by atoms with Crippen molar-refractivity contribution in [1.82, 2.24) is 4.98 Å². The molecule has 1 N–H and O–H groups in total. The lowest BCUT2D eigenvalue weighted by Crippen LogP contribution is -2.12. The third-order valence-corrected chi connectivity index (χ3v) is 4.75.